The maximum absolute atomic E-state index is 12.3. The zero-order chi connectivity index (χ0) is 22.9. The van der Waals surface area contributed by atoms with Crippen molar-refractivity contribution in [1.82, 2.24) is 4.90 Å². The SMILES string of the molecule is Cc1ccccc1-c1cccc([C@H](O)C=CC2CCC(=O)N2CCCCOCC(=O)O)c1. The highest BCUT2D eigenvalue weighted by atomic mass is 16.5. The topological polar surface area (TPSA) is 87.1 Å². The molecule has 0 radical (unpaired) electrons. The standard InChI is InChI=1S/C26H31NO5/c1-19-7-2-3-10-23(19)20-8-6-9-21(17-20)24(28)13-11-22-12-14-25(29)27(22)15-4-5-16-32-18-26(30)31/h2-3,6-11,13,17,22,24,28H,4-5,12,14-16,18H2,1H3,(H,30,31)/t22?,24-/m1/s1. The van der Waals surface area contributed by atoms with Crippen molar-refractivity contribution in [3.8, 4) is 11.1 Å². The third-order valence-electron chi connectivity index (χ3n) is 5.74. The number of ether oxygens (including phenoxy) is 1. The number of amides is 1. The van der Waals surface area contributed by atoms with E-state index in [-0.39, 0.29) is 18.6 Å². The zero-order valence-electron chi connectivity index (χ0n) is 18.4. The Labute approximate surface area is 189 Å². The molecule has 2 aromatic carbocycles. The van der Waals surface area contributed by atoms with Crippen molar-refractivity contribution in [1.29, 1.82) is 0 Å². The number of aliphatic carboxylic acids is 1. The van der Waals surface area contributed by atoms with Crippen molar-refractivity contribution in [2.75, 3.05) is 19.8 Å². The number of carbonyl (C=O) groups excluding carboxylic acids is 1. The number of rotatable bonds is 11. The molecule has 1 amide bonds. The Morgan fingerprint density at radius 2 is 2.03 bits per heavy atom. The summed E-state index contributed by atoms with van der Waals surface area (Å²) in [5, 5.41) is 19.3. The highest BCUT2D eigenvalue weighted by molar-refractivity contribution is 5.79. The largest absolute Gasteiger partial charge is 0.480 e. The Bertz CT molecular complexity index is 955. The highest BCUT2D eigenvalue weighted by Crippen LogP contribution is 2.27. The predicted octanol–water partition coefficient (Wildman–Crippen LogP) is 4.12. The molecule has 1 unspecified atom stereocenters. The van der Waals surface area contributed by atoms with Gasteiger partial charge in [-0.15, -0.1) is 0 Å². The smallest absolute Gasteiger partial charge is 0.329 e. The lowest BCUT2D eigenvalue weighted by atomic mass is 9.97. The van der Waals surface area contributed by atoms with Gasteiger partial charge in [0.25, 0.3) is 0 Å². The Morgan fingerprint density at radius 3 is 2.81 bits per heavy atom. The van der Waals surface area contributed by atoms with Crippen LogP contribution >= 0.6 is 0 Å². The molecule has 1 heterocycles. The van der Waals surface area contributed by atoms with E-state index in [1.54, 1.807) is 6.08 Å². The van der Waals surface area contributed by atoms with E-state index in [4.69, 9.17) is 9.84 Å². The number of nitrogens with zero attached hydrogens (tertiary/aromatic N) is 1. The van der Waals surface area contributed by atoms with Crippen molar-refractivity contribution in [2.24, 2.45) is 0 Å². The molecule has 0 aliphatic carbocycles. The van der Waals surface area contributed by atoms with Crippen LogP contribution < -0.4 is 0 Å². The van der Waals surface area contributed by atoms with Gasteiger partial charge in [-0.3, -0.25) is 4.79 Å². The predicted molar refractivity (Wildman–Crippen MR) is 123 cm³/mol. The van der Waals surface area contributed by atoms with Crippen LogP contribution in [0.4, 0.5) is 0 Å². The second kappa shape index (κ2) is 11.6. The molecule has 2 atom stereocenters. The number of unbranched alkanes of at least 4 members (excludes halogenated alkanes) is 1. The summed E-state index contributed by atoms with van der Waals surface area (Å²) in [7, 11) is 0. The van der Waals surface area contributed by atoms with Crippen molar-refractivity contribution in [2.45, 2.75) is 44.8 Å². The Kier molecular flexibility index (Phi) is 8.59. The van der Waals surface area contributed by atoms with Gasteiger partial charge >= 0.3 is 5.97 Å². The highest BCUT2D eigenvalue weighted by Gasteiger charge is 2.28. The van der Waals surface area contributed by atoms with E-state index in [1.165, 1.54) is 5.56 Å². The summed E-state index contributed by atoms with van der Waals surface area (Å²) in [6.07, 6.45) is 5.63. The number of carboxylic acids is 1. The molecular formula is C26H31NO5. The number of hydrogen-bond acceptors (Lipinski definition) is 4. The first-order chi connectivity index (χ1) is 15.5. The molecule has 1 aliphatic heterocycles. The van der Waals surface area contributed by atoms with Crippen molar-refractivity contribution in [3.63, 3.8) is 0 Å². The van der Waals surface area contributed by atoms with Crippen LogP contribution in [0.5, 0.6) is 0 Å². The molecule has 0 aromatic heterocycles. The summed E-state index contributed by atoms with van der Waals surface area (Å²) in [5.74, 6) is -0.866. The third-order valence-corrected chi connectivity index (χ3v) is 5.74. The van der Waals surface area contributed by atoms with Gasteiger partial charge in [-0.05, 0) is 54.5 Å². The van der Waals surface area contributed by atoms with E-state index >= 15 is 0 Å². The second-order valence-electron chi connectivity index (χ2n) is 8.12. The van der Waals surface area contributed by atoms with E-state index in [0.717, 1.165) is 29.5 Å². The van der Waals surface area contributed by atoms with Crippen LogP contribution in [-0.2, 0) is 14.3 Å². The fourth-order valence-corrected chi connectivity index (χ4v) is 4.02. The van der Waals surface area contributed by atoms with Crippen molar-refractivity contribution >= 4 is 11.9 Å². The number of benzene rings is 2. The minimum Gasteiger partial charge on any atom is -0.480 e. The number of aryl methyl sites for hydroxylation is 1. The second-order valence-corrected chi connectivity index (χ2v) is 8.12. The van der Waals surface area contributed by atoms with Crippen molar-refractivity contribution in [3.05, 3.63) is 71.8 Å². The molecule has 1 fully saturated rings. The van der Waals surface area contributed by atoms with Gasteiger partial charge in [0.15, 0.2) is 0 Å². The molecule has 6 nitrogen and oxygen atoms in total. The molecule has 32 heavy (non-hydrogen) atoms. The Hall–Kier alpha value is -2.96. The van der Waals surface area contributed by atoms with Gasteiger partial charge in [-0.1, -0.05) is 54.6 Å². The van der Waals surface area contributed by atoms with Gasteiger partial charge in [0, 0.05) is 19.6 Å². The van der Waals surface area contributed by atoms with E-state index in [9.17, 15) is 14.7 Å². The lowest BCUT2D eigenvalue weighted by Gasteiger charge is -2.22. The summed E-state index contributed by atoms with van der Waals surface area (Å²) < 4.78 is 5.04. The molecular weight excluding hydrogens is 406 g/mol. The number of carbonyl (C=O) groups is 2. The monoisotopic (exact) mass is 437 g/mol. The lowest BCUT2D eigenvalue weighted by Crippen LogP contribution is -2.32. The molecule has 1 saturated heterocycles. The zero-order valence-corrected chi connectivity index (χ0v) is 18.4. The maximum atomic E-state index is 12.3. The number of aliphatic hydroxyl groups excluding tert-OH is 1. The number of likely N-dealkylation sites (tertiary alicyclic amines) is 1. The van der Waals surface area contributed by atoms with Crippen LogP contribution in [0.1, 0.15) is 42.9 Å². The minimum absolute atomic E-state index is 0.0309. The van der Waals surface area contributed by atoms with Crippen LogP contribution in [-0.4, -0.2) is 52.8 Å². The van der Waals surface area contributed by atoms with Crippen LogP contribution in [0.15, 0.2) is 60.7 Å². The van der Waals surface area contributed by atoms with E-state index in [1.807, 2.05) is 47.4 Å². The van der Waals surface area contributed by atoms with E-state index in [2.05, 4.69) is 19.1 Å². The molecule has 170 valence electrons. The first-order valence-electron chi connectivity index (χ1n) is 11.1. The lowest BCUT2D eigenvalue weighted by molar-refractivity contribution is -0.142. The van der Waals surface area contributed by atoms with Crippen LogP contribution in [0.2, 0.25) is 0 Å². The molecule has 2 N–H and O–H groups in total. The summed E-state index contributed by atoms with van der Waals surface area (Å²) >= 11 is 0. The average molecular weight is 438 g/mol. The van der Waals surface area contributed by atoms with E-state index in [0.29, 0.717) is 26.0 Å². The summed E-state index contributed by atoms with van der Waals surface area (Å²) in [5.41, 5.74) is 4.21. The number of hydrogen-bond donors (Lipinski definition) is 2. The molecule has 0 bridgehead atoms. The van der Waals surface area contributed by atoms with Gasteiger partial charge < -0.3 is 19.8 Å². The van der Waals surface area contributed by atoms with Crippen LogP contribution in [0.3, 0.4) is 0 Å². The molecule has 1 aliphatic rings. The first-order valence-corrected chi connectivity index (χ1v) is 11.1. The fraction of sp³-hybridized carbons (Fsp3) is 0.385. The molecule has 0 saturated carbocycles. The number of carboxylic acid groups (broad SMARTS) is 1. The Morgan fingerprint density at radius 1 is 1.22 bits per heavy atom. The summed E-state index contributed by atoms with van der Waals surface area (Å²) in [6, 6.07) is 16.0. The van der Waals surface area contributed by atoms with Gasteiger partial charge in [0.2, 0.25) is 5.91 Å². The number of aliphatic hydroxyl groups is 1. The first kappa shape index (κ1) is 23.7. The summed E-state index contributed by atoms with van der Waals surface area (Å²) in [6.45, 7) is 2.74. The molecule has 6 heteroatoms. The molecule has 2 aromatic rings. The van der Waals surface area contributed by atoms with Crippen LogP contribution in [0.25, 0.3) is 11.1 Å². The van der Waals surface area contributed by atoms with Crippen molar-refractivity contribution < 1.29 is 24.5 Å². The molecule has 0 spiro atoms. The maximum Gasteiger partial charge on any atom is 0.329 e. The van der Waals surface area contributed by atoms with Gasteiger partial charge in [0.05, 0.1) is 12.1 Å². The van der Waals surface area contributed by atoms with Crippen LogP contribution in [0, 0.1) is 6.92 Å². The third kappa shape index (κ3) is 6.52. The average Bonchev–Trinajstić information content (AvgIpc) is 3.14. The fourth-order valence-electron chi connectivity index (χ4n) is 4.02. The molecule has 3 rings (SSSR count). The summed E-state index contributed by atoms with van der Waals surface area (Å²) in [4.78, 5) is 24.6. The van der Waals surface area contributed by atoms with Gasteiger partial charge in [0.1, 0.15) is 6.61 Å². The Balaban J connectivity index is 1.57. The normalized spacial score (nSPS) is 17.2. The van der Waals surface area contributed by atoms with Gasteiger partial charge in [-0.25, -0.2) is 4.79 Å². The van der Waals surface area contributed by atoms with E-state index < -0.39 is 12.1 Å². The van der Waals surface area contributed by atoms with Gasteiger partial charge in [-0.2, -0.15) is 0 Å². The quantitative estimate of drug-likeness (QED) is 0.408. The minimum atomic E-state index is -0.979.